The van der Waals surface area contributed by atoms with Crippen molar-refractivity contribution in [3.63, 3.8) is 0 Å². The number of carboxylic acid groups (broad SMARTS) is 1. The Kier molecular flexibility index (Phi) is 4.57. The monoisotopic (exact) mass is 312 g/mol. The van der Waals surface area contributed by atoms with Gasteiger partial charge in [-0.25, -0.2) is 0 Å². The zero-order valence-electron chi connectivity index (χ0n) is 13.7. The summed E-state index contributed by atoms with van der Waals surface area (Å²) in [7, 11) is -1.96. The van der Waals surface area contributed by atoms with Crippen molar-refractivity contribution in [1.82, 2.24) is 0 Å². The number of hydrogen-bond acceptors (Lipinski definition) is 1. The van der Waals surface area contributed by atoms with Gasteiger partial charge in [-0.1, -0.05) is 98.7 Å². The number of benzene rings is 2. The second-order valence-corrected chi connectivity index (χ2v) is 10.4. The first-order chi connectivity index (χ1) is 10.3. The zero-order valence-corrected chi connectivity index (χ0v) is 14.9. The molecular weight excluding hydrogens is 288 g/mol. The Labute approximate surface area is 134 Å². The van der Waals surface area contributed by atoms with Crippen LogP contribution in [0.5, 0.6) is 0 Å². The lowest BCUT2D eigenvalue weighted by atomic mass is 9.81. The first kappa shape index (κ1) is 16.5. The minimum atomic E-state index is -1.96. The molecule has 0 aromatic heterocycles. The summed E-state index contributed by atoms with van der Waals surface area (Å²) < 4.78 is 0. The molecule has 3 heteroatoms. The van der Waals surface area contributed by atoms with Crippen molar-refractivity contribution in [2.24, 2.45) is 5.41 Å². The Bertz CT molecular complexity index is 592. The normalized spacial score (nSPS) is 14.6. The molecule has 0 aliphatic heterocycles. The molecule has 2 aromatic rings. The van der Waals surface area contributed by atoms with Crippen LogP contribution in [0.4, 0.5) is 0 Å². The molecule has 0 saturated carbocycles. The van der Waals surface area contributed by atoms with Crippen molar-refractivity contribution >= 4 is 25.1 Å². The van der Waals surface area contributed by atoms with Gasteiger partial charge in [0.15, 0.2) is 0 Å². The average molecular weight is 312 g/mol. The first-order valence-electron chi connectivity index (χ1n) is 7.62. The van der Waals surface area contributed by atoms with Crippen LogP contribution in [-0.2, 0) is 4.79 Å². The molecule has 0 heterocycles. The molecule has 2 nitrogen and oxygen atoms in total. The molecule has 2 rings (SSSR count). The molecule has 0 unspecified atom stereocenters. The Morgan fingerprint density at radius 2 is 1.18 bits per heavy atom. The highest BCUT2D eigenvalue weighted by atomic mass is 28.3. The second kappa shape index (κ2) is 6.09. The molecule has 22 heavy (non-hydrogen) atoms. The topological polar surface area (TPSA) is 37.3 Å². The third-order valence-electron chi connectivity index (χ3n) is 4.85. The summed E-state index contributed by atoms with van der Waals surface area (Å²) in [6, 6.07) is 20.3. The van der Waals surface area contributed by atoms with E-state index in [0.717, 1.165) is 0 Å². The fourth-order valence-corrected chi connectivity index (χ4v) is 7.07. The number of rotatable bonds is 4. The van der Waals surface area contributed by atoms with E-state index in [4.69, 9.17) is 0 Å². The third kappa shape index (κ3) is 2.86. The molecule has 116 valence electrons. The molecule has 0 bridgehead atoms. The summed E-state index contributed by atoms with van der Waals surface area (Å²) in [5, 5.41) is 11.7. The van der Waals surface area contributed by atoms with Crippen LogP contribution < -0.4 is 10.4 Å². The van der Waals surface area contributed by atoms with Gasteiger partial charge < -0.3 is 5.11 Å². The van der Waals surface area contributed by atoms with E-state index in [1.54, 1.807) is 0 Å². The van der Waals surface area contributed by atoms with Crippen LogP contribution in [0.1, 0.15) is 27.7 Å². The van der Waals surface area contributed by atoms with Crippen LogP contribution in [0, 0.1) is 5.41 Å². The lowest BCUT2D eigenvalue weighted by molar-refractivity contribution is -0.143. The van der Waals surface area contributed by atoms with Crippen molar-refractivity contribution in [2.45, 2.75) is 32.7 Å². The summed E-state index contributed by atoms with van der Waals surface area (Å²) in [5.74, 6) is -0.704. The van der Waals surface area contributed by atoms with Crippen LogP contribution in [0.3, 0.4) is 0 Å². The highest BCUT2D eigenvalue weighted by Crippen LogP contribution is 2.47. The summed E-state index contributed by atoms with van der Waals surface area (Å²) >= 11 is 0. The van der Waals surface area contributed by atoms with Gasteiger partial charge in [0, 0.05) is 0 Å². The van der Waals surface area contributed by atoms with E-state index in [-0.39, 0.29) is 5.41 Å². The van der Waals surface area contributed by atoms with E-state index in [1.165, 1.54) is 10.4 Å². The van der Waals surface area contributed by atoms with Gasteiger partial charge >= 0.3 is 5.97 Å². The Morgan fingerprint density at radius 1 is 0.818 bits per heavy atom. The molecule has 1 atom stereocenters. The lowest BCUT2D eigenvalue weighted by Crippen LogP contribution is -2.58. The summed E-state index contributed by atoms with van der Waals surface area (Å²) in [6.07, 6.45) is 0. The van der Waals surface area contributed by atoms with E-state index in [0.29, 0.717) is 0 Å². The molecule has 1 N–H and O–H groups in total. The van der Waals surface area contributed by atoms with Crippen molar-refractivity contribution in [3.05, 3.63) is 60.7 Å². The second-order valence-electron chi connectivity index (χ2n) is 7.01. The fourth-order valence-electron chi connectivity index (χ4n) is 3.03. The predicted molar refractivity (Wildman–Crippen MR) is 94.8 cm³/mol. The highest BCUT2D eigenvalue weighted by Gasteiger charge is 2.52. The molecule has 0 amide bonds. The number of carbonyl (C=O) groups is 1. The van der Waals surface area contributed by atoms with Crippen LogP contribution in [0.15, 0.2) is 60.7 Å². The number of hydrogen-bond donors (Lipinski definition) is 1. The van der Waals surface area contributed by atoms with Gasteiger partial charge in [0.05, 0.1) is 5.04 Å². The van der Waals surface area contributed by atoms with Crippen molar-refractivity contribution in [2.75, 3.05) is 0 Å². The number of aliphatic carboxylic acids is 1. The van der Waals surface area contributed by atoms with Gasteiger partial charge in [-0.15, -0.1) is 0 Å². The average Bonchev–Trinajstić information content (AvgIpc) is 2.48. The lowest BCUT2D eigenvalue weighted by Gasteiger charge is -2.44. The number of carboxylic acids is 1. The van der Waals surface area contributed by atoms with E-state index < -0.39 is 19.8 Å². The summed E-state index contributed by atoms with van der Waals surface area (Å²) in [5.41, 5.74) is -0.332. The van der Waals surface area contributed by atoms with Crippen LogP contribution >= 0.6 is 0 Å². The van der Waals surface area contributed by atoms with Gasteiger partial charge in [0.25, 0.3) is 0 Å². The molecule has 0 aliphatic carbocycles. The smallest absolute Gasteiger partial charge is 0.307 e. The Balaban J connectivity index is 2.71. The van der Waals surface area contributed by atoms with E-state index >= 15 is 0 Å². The maximum absolute atomic E-state index is 12.3. The Morgan fingerprint density at radius 3 is 1.45 bits per heavy atom. The third-order valence-corrected chi connectivity index (χ3v) is 9.22. The molecule has 0 fully saturated rings. The van der Waals surface area contributed by atoms with Gasteiger partial charge in [-0.05, 0) is 5.41 Å². The SMILES string of the molecule is CC(C)(C)[C@](C)(C(=O)O)[SiH](c1ccccc1)c1ccccc1. The molecule has 0 radical (unpaired) electrons. The van der Waals surface area contributed by atoms with E-state index in [9.17, 15) is 9.90 Å². The summed E-state index contributed by atoms with van der Waals surface area (Å²) in [6.45, 7) is 8.03. The van der Waals surface area contributed by atoms with Crippen molar-refractivity contribution in [3.8, 4) is 0 Å². The maximum atomic E-state index is 12.3. The summed E-state index contributed by atoms with van der Waals surface area (Å²) in [4.78, 5) is 12.3. The van der Waals surface area contributed by atoms with Crippen LogP contribution in [0.25, 0.3) is 0 Å². The first-order valence-corrected chi connectivity index (χ1v) is 9.35. The van der Waals surface area contributed by atoms with Crippen molar-refractivity contribution in [1.29, 1.82) is 0 Å². The molecule has 2 aromatic carbocycles. The van der Waals surface area contributed by atoms with Crippen LogP contribution in [-0.4, -0.2) is 19.9 Å². The molecule has 0 saturated heterocycles. The minimum Gasteiger partial charge on any atom is -0.481 e. The largest absolute Gasteiger partial charge is 0.481 e. The quantitative estimate of drug-likeness (QED) is 0.882. The maximum Gasteiger partial charge on any atom is 0.307 e. The predicted octanol–water partition coefficient (Wildman–Crippen LogP) is 2.92. The zero-order chi connectivity index (χ0) is 16.4. The fraction of sp³-hybridized carbons (Fsp3) is 0.316. The van der Waals surface area contributed by atoms with Gasteiger partial charge in [-0.3, -0.25) is 4.79 Å². The van der Waals surface area contributed by atoms with E-state index in [1.807, 2.05) is 64.1 Å². The Hall–Kier alpha value is -1.87. The van der Waals surface area contributed by atoms with E-state index in [2.05, 4.69) is 24.3 Å². The standard InChI is InChI=1S/C19H24O2Si/c1-18(2,3)19(4,17(20)21)22(15-11-7-5-8-12-15)16-13-9-6-10-14-16/h5-14,22H,1-4H3,(H,20,21)/t19-/m0/s1. The van der Waals surface area contributed by atoms with Crippen LogP contribution in [0.2, 0.25) is 5.04 Å². The van der Waals surface area contributed by atoms with Gasteiger partial charge in [0.2, 0.25) is 0 Å². The molecule has 0 spiro atoms. The van der Waals surface area contributed by atoms with Gasteiger partial charge in [0.1, 0.15) is 8.80 Å². The minimum absolute atomic E-state index is 0.332. The molecular formula is C19H24O2Si. The van der Waals surface area contributed by atoms with Crippen molar-refractivity contribution < 1.29 is 9.90 Å². The molecule has 0 aliphatic rings. The van der Waals surface area contributed by atoms with Gasteiger partial charge in [-0.2, -0.15) is 0 Å². The highest BCUT2D eigenvalue weighted by molar-refractivity contribution is 6.90.